The molecule has 1 aliphatic heterocycles. The maximum atomic E-state index is 12.8. The van der Waals surface area contributed by atoms with E-state index in [4.69, 9.17) is 5.73 Å². The molecule has 2 rings (SSSR count). The van der Waals surface area contributed by atoms with E-state index in [0.717, 1.165) is 19.4 Å². The third-order valence-electron chi connectivity index (χ3n) is 5.34. The van der Waals surface area contributed by atoms with Crippen LogP contribution in [0.1, 0.15) is 66.7 Å². The maximum Gasteiger partial charge on any atom is 0.223 e. The minimum absolute atomic E-state index is 0.332. The standard InChI is InChI=1S/C18H34N2O/c1-13(2)6-14(10-19)7-16(21)20-12-18(5)9-15(20)8-17(3,4)11-18/h13-15H,6-12,19H2,1-5H3. The first-order valence-corrected chi connectivity index (χ1v) is 8.64. The van der Waals surface area contributed by atoms with Crippen LogP contribution in [0.25, 0.3) is 0 Å². The van der Waals surface area contributed by atoms with Crippen molar-refractivity contribution in [3.05, 3.63) is 0 Å². The summed E-state index contributed by atoms with van der Waals surface area (Å²) in [6.45, 7) is 13.1. The quantitative estimate of drug-likeness (QED) is 0.844. The van der Waals surface area contributed by atoms with Gasteiger partial charge >= 0.3 is 0 Å². The zero-order valence-corrected chi connectivity index (χ0v) is 14.6. The highest BCUT2D eigenvalue weighted by Crippen LogP contribution is 2.52. The van der Waals surface area contributed by atoms with E-state index in [-0.39, 0.29) is 0 Å². The molecule has 0 aromatic heterocycles. The lowest BCUT2D eigenvalue weighted by Gasteiger charge is -2.39. The van der Waals surface area contributed by atoms with Gasteiger partial charge < -0.3 is 10.6 Å². The van der Waals surface area contributed by atoms with Gasteiger partial charge in [-0.15, -0.1) is 0 Å². The van der Waals surface area contributed by atoms with Gasteiger partial charge in [-0.25, -0.2) is 0 Å². The highest BCUT2D eigenvalue weighted by Gasteiger charge is 2.50. The predicted molar refractivity (Wildman–Crippen MR) is 87.9 cm³/mol. The topological polar surface area (TPSA) is 46.3 Å². The van der Waals surface area contributed by atoms with Crippen LogP contribution in [-0.4, -0.2) is 29.9 Å². The minimum Gasteiger partial charge on any atom is -0.339 e. The average Bonchev–Trinajstić information content (AvgIpc) is 2.57. The van der Waals surface area contributed by atoms with E-state index < -0.39 is 0 Å². The molecule has 2 bridgehead atoms. The largest absolute Gasteiger partial charge is 0.339 e. The lowest BCUT2D eigenvalue weighted by atomic mass is 9.65. The van der Waals surface area contributed by atoms with Gasteiger partial charge in [0.15, 0.2) is 0 Å². The zero-order valence-electron chi connectivity index (χ0n) is 14.6. The molecule has 122 valence electrons. The Balaban J connectivity index is 2.01. The van der Waals surface area contributed by atoms with E-state index in [1.807, 2.05) is 0 Å². The number of likely N-dealkylation sites (tertiary alicyclic amines) is 1. The van der Waals surface area contributed by atoms with Crippen molar-refractivity contribution in [2.24, 2.45) is 28.4 Å². The van der Waals surface area contributed by atoms with E-state index in [1.54, 1.807) is 0 Å². The summed E-state index contributed by atoms with van der Waals surface area (Å²) in [5.74, 6) is 1.30. The van der Waals surface area contributed by atoms with Crippen LogP contribution in [0, 0.1) is 22.7 Å². The van der Waals surface area contributed by atoms with Crippen molar-refractivity contribution in [1.82, 2.24) is 4.90 Å². The molecule has 21 heavy (non-hydrogen) atoms. The number of amides is 1. The summed E-state index contributed by atoms with van der Waals surface area (Å²) in [6.07, 6.45) is 5.29. The Bertz CT molecular complexity index is 391. The maximum absolute atomic E-state index is 12.8. The summed E-state index contributed by atoms with van der Waals surface area (Å²) in [5, 5.41) is 0. The van der Waals surface area contributed by atoms with Crippen LogP contribution in [0.2, 0.25) is 0 Å². The Labute approximate surface area is 130 Å². The number of carbonyl (C=O) groups is 1. The highest BCUT2D eigenvalue weighted by atomic mass is 16.2. The molecule has 0 aromatic carbocycles. The summed E-state index contributed by atoms with van der Waals surface area (Å²) in [4.78, 5) is 15.0. The Morgan fingerprint density at radius 3 is 2.52 bits per heavy atom. The van der Waals surface area contributed by atoms with E-state index >= 15 is 0 Å². The molecule has 3 unspecified atom stereocenters. The number of rotatable bonds is 5. The van der Waals surface area contributed by atoms with Crippen LogP contribution in [0.4, 0.5) is 0 Å². The van der Waals surface area contributed by atoms with Gasteiger partial charge in [-0.3, -0.25) is 4.79 Å². The predicted octanol–water partition coefficient (Wildman–Crippen LogP) is 3.42. The second-order valence-corrected chi connectivity index (χ2v) is 9.17. The van der Waals surface area contributed by atoms with E-state index in [2.05, 4.69) is 39.5 Å². The summed E-state index contributed by atoms with van der Waals surface area (Å²) < 4.78 is 0. The molecule has 0 aromatic rings. The molecular weight excluding hydrogens is 260 g/mol. The van der Waals surface area contributed by atoms with Crippen LogP contribution >= 0.6 is 0 Å². The molecule has 1 saturated heterocycles. The molecule has 1 amide bonds. The smallest absolute Gasteiger partial charge is 0.223 e. The van der Waals surface area contributed by atoms with Gasteiger partial charge in [0, 0.05) is 19.0 Å². The third-order valence-corrected chi connectivity index (χ3v) is 5.34. The molecule has 1 heterocycles. The van der Waals surface area contributed by atoms with Crippen molar-refractivity contribution in [3.63, 3.8) is 0 Å². The van der Waals surface area contributed by atoms with Crippen molar-refractivity contribution >= 4 is 5.91 Å². The number of carbonyl (C=O) groups excluding carboxylic acids is 1. The van der Waals surface area contributed by atoms with E-state index in [0.29, 0.717) is 47.6 Å². The van der Waals surface area contributed by atoms with E-state index in [9.17, 15) is 4.79 Å². The fourth-order valence-electron chi connectivity index (χ4n) is 5.05. The number of fused-ring (bicyclic) bond motifs is 2. The van der Waals surface area contributed by atoms with Gasteiger partial charge in [0.1, 0.15) is 0 Å². The van der Waals surface area contributed by atoms with Crippen molar-refractivity contribution in [3.8, 4) is 0 Å². The van der Waals surface area contributed by atoms with Crippen LogP contribution in [0.15, 0.2) is 0 Å². The Kier molecular flexibility index (Phi) is 4.72. The Morgan fingerprint density at radius 2 is 1.95 bits per heavy atom. The van der Waals surface area contributed by atoms with Crippen LogP contribution < -0.4 is 5.73 Å². The second kappa shape index (κ2) is 5.91. The van der Waals surface area contributed by atoms with Crippen molar-refractivity contribution in [1.29, 1.82) is 0 Å². The number of hydrogen-bond donors (Lipinski definition) is 1. The number of hydrogen-bond acceptors (Lipinski definition) is 2. The molecule has 2 fully saturated rings. The molecular formula is C18H34N2O. The molecule has 3 nitrogen and oxygen atoms in total. The first-order chi connectivity index (χ1) is 9.64. The Hall–Kier alpha value is -0.570. The van der Waals surface area contributed by atoms with Gasteiger partial charge in [-0.2, -0.15) is 0 Å². The minimum atomic E-state index is 0.332. The van der Waals surface area contributed by atoms with Crippen molar-refractivity contribution in [2.45, 2.75) is 72.8 Å². The lowest BCUT2D eigenvalue weighted by Crippen LogP contribution is -2.39. The van der Waals surface area contributed by atoms with Crippen molar-refractivity contribution < 1.29 is 4.79 Å². The van der Waals surface area contributed by atoms with Crippen LogP contribution in [0.3, 0.4) is 0 Å². The Morgan fingerprint density at radius 1 is 1.29 bits per heavy atom. The summed E-state index contributed by atoms with van der Waals surface area (Å²) >= 11 is 0. The first-order valence-electron chi connectivity index (χ1n) is 8.64. The summed E-state index contributed by atoms with van der Waals surface area (Å²) in [6, 6.07) is 0.462. The molecule has 1 saturated carbocycles. The molecule has 2 N–H and O–H groups in total. The zero-order chi connectivity index (χ0) is 15.8. The molecule has 3 heteroatoms. The number of nitrogens with two attached hydrogens (primary N) is 1. The molecule has 1 aliphatic carbocycles. The normalized spacial score (nSPS) is 32.5. The fourth-order valence-corrected chi connectivity index (χ4v) is 5.05. The summed E-state index contributed by atoms with van der Waals surface area (Å²) in [5.41, 5.74) is 6.58. The second-order valence-electron chi connectivity index (χ2n) is 9.17. The third kappa shape index (κ3) is 4.00. The van der Waals surface area contributed by atoms with Crippen LogP contribution in [-0.2, 0) is 4.79 Å². The lowest BCUT2D eigenvalue weighted by molar-refractivity contribution is -0.133. The van der Waals surface area contributed by atoms with Crippen LogP contribution in [0.5, 0.6) is 0 Å². The monoisotopic (exact) mass is 294 g/mol. The van der Waals surface area contributed by atoms with Gasteiger partial charge in [-0.05, 0) is 54.9 Å². The van der Waals surface area contributed by atoms with Gasteiger partial charge in [0.2, 0.25) is 5.91 Å². The summed E-state index contributed by atoms with van der Waals surface area (Å²) in [7, 11) is 0. The average molecular weight is 294 g/mol. The SMILES string of the molecule is CC(C)CC(CN)CC(=O)N1CC2(C)CC1CC(C)(C)C2. The van der Waals surface area contributed by atoms with Crippen molar-refractivity contribution in [2.75, 3.05) is 13.1 Å². The highest BCUT2D eigenvalue weighted by molar-refractivity contribution is 5.77. The van der Waals surface area contributed by atoms with E-state index in [1.165, 1.54) is 12.8 Å². The molecule has 0 radical (unpaired) electrons. The first kappa shape index (κ1) is 16.8. The molecule has 3 atom stereocenters. The van der Waals surface area contributed by atoms with Gasteiger partial charge in [0.25, 0.3) is 0 Å². The van der Waals surface area contributed by atoms with Gasteiger partial charge in [0.05, 0.1) is 0 Å². The molecule has 2 aliphatic rings. The fraction of sp³-hybridized carbons (Fsp3) is 0.944. The van der Waals surface area contributed by atoms with Gasteiger partial charge in [-0.1, -0.05) is 34.6 Å². The molecule has 0 spiro atoms. The number of nitrogens with zero attached hydrogens (tertiary/aromatic N) is 1.